The number of hydrogen-bond acceptors (Lipinski definition) is 5. The summed E-state index contributed by atoms with van der Waals surface area (Å²) in [5, 5.41) is 10.8. The van der Waals surface area contributed by atoms with Gasteiger partial charge in [0.1, 0.15) is 0 Å². The summed E-state index contributed by atoms with van der Waals surface area (Å²) < 4.78 is 9.71. The number of nitro groups is 1. The third kappa shape index (κ3) is 3.75. The van der Waals surface area contributed by atoms with Gasteiger partial charge in [0.2, 0.25) is 0 Å². The van der Waals surface area contributed by atoms with E-state index < -0.39 is 10.9 Å². The predicted octanol–water partition coefficient (Wildman–Crippen LogP) is 1.85. The smallest absolute Gasteiger partial charge is 0.344 e. The van der Waals surface area contributed by atoms with Crippen LogP contribution < -0.4 is 4.74 Å². The van der Waals surface area contributed by atoms with Gasteiger partial charge in [0.05, 0.1) is 11.5 Å². The number of esters is 1. The molecule has 6 nitrogen and oxygen atoms in total. The van der Waals surface area contributed by atoms with E-state index in [2.05, 4.69) is 4.74 Å². The van der Waals surface area contributed by atoms with Crippen LogP contribution >= 0.6 is 0 Å². The van der Waals surface area contributed by atoms with Crippen LogP contribution in [0.1, 0.15) is 12.5 Å². The monoisotopic (exact) mass is 239 g/mol. The van der Waals surface area contributed by atoms with Gasteiger partial charge in [-0.1, -0.05) is 6.07 Å². The van der Waals surface area contributed by atoms with E-state index in [1.165, 1.54) is 12.1 Å². The molecule has 0 heterocycles. The molecule has 0 unspecified atom stereocenters. The van der Waals surface area contributed by atoms with Crippen molar-refractivity contribution in [1.29, 1.82) is 0 Å². The zero-order valence-electron chi connectivity index (χ0n) is 9.63. The van der Waals surface area contributed by atoms with Crippen LogP contribution in [0.4, 0.5) is 5.69 Å². The molecule has 0 saturated carbocycles. The van der Waals surface area contributed by atoms with Crippen LogP contribution in [0.2, 0.25) is 0 Å². The second-order valence-corrected chi connectivity index (χ2v) is 3.32. The van der Waals surface area contributed by atoms with Crippen LogP contribution in [0.5, 0.6) is 5.75 Å². The second-order valence-electron chi connectivity index (χ2n) is 3.32. The first-order valence-electron chi connectivity index (χ1n) is 5.08. The van der Waals surface area contributed by atoms with Crippen LogP contribution in [0.3, 0.4) is 0 Å². The van der Waals surface area contributed by atoms with Gasteiger partial charge in [-0.25, -0.2) is 4.79 Å². The lowest BCUT2D eigenvalue weighted by Crippen LogP contribution is -2.15. The third-order valence-electron chi connectivity index (χ3n) is 1.96. The second kappa shape index (κ2) is 5.83. The van der Waals surface area contributed by atoms with E-state index in [9.17, 15) is 14.9 Å². The standard InChI is InChI=1S/C11H13NO5/c1-3-16-11(13)7-17-10-5-4-8(2)6-9(10)12(14)15/h4-6H,3,7H2,1-2H3. The van der Waals surface area contributed by atoms with E-state index in [-0.39, 0.29) is 24.7 Å². The fourth-order valence-corrected chi connectivity index (χ4v) is 1.23. The van der Waals surface area contributed by atoms with Gasteiger partial charge in [0.15, 0.2) is 12.4 Å². The summed E-state index contributed by atoms with van der Waals surface area (Å²) in [6.45, 7) is 3.32. The maximum atomic E-state index is 11.0. The summed E-state index contributed by atoms with van der Waals surface area (Å²) in [4.78, 5) is 21.3. The molecule has 0 aliphatic carbocycles. The average molecular weight is 239 g/mol. The lowest BCUT2D eigenvalue weighted by atomic mass is 10.2. The van der Waals surface area contributed by atoms with Gasteiger partial charge < -0.3 is 9.47 Å². The Balaban J connectivity index is 2.77. The first-order valence-corrected chi connectivity index (χ1v) is 5.08. The Morgan fingerprint density at radius 2 is 2.18 bits per heavy atom. The number of carbonyl (C=O) groups is 1. The number of nitrogens with zero attached hydrogens (tertiary/aromatic N) is 1. The van der Waals surface area contributed by atoms with Crippen molar-refractivity contribution >= 4 is 11.7 Å². The number of nitro benzene ring substituents is 1. The Morgan fingerprint density at radius 3 is 2.76 bits per heavy atom. The fraction of sp³-hybridized carbons (Fsp3) is 0.364. The first-order chi connectivity index (χ1) is 8.04. The Hall–Kier alpha value is -2.11. The van der Waals surface area contributed by atoms with E-state index in [4.69, 9.17) is 4.74 Å². The quantitative estimate of drug-likeness (QED) is 0.445. The number of benzene rings is 1. The summed E-state index contributed by atoms with van der Waals surface area (Å²) >= 11 is 0. The van der Waals surface area contributed by atoms with Gasteiger partial charge >= 0.3 is 11.7 Å². The van der Waals surface area contributed by atoms with Crippen molar-refractivity contribution in [3.05, 3.63) is 33.9 Å². The van der Waals surface area contributed by atoms with Crippen molar-refractivity contribution in [2.45, 2.75) is 13.8 Å². The molecule has 1 aromatic carbocycles. The van der Waals surface area contributed by atoms with Gasteiger partial charge in [-0.05, 0) is 25.5 Å². The van der Waals surface area contributed by atoms with E-state index in [0.717, 1.165) is 5.56 Å². The molecular weight excluding hydrogens is 226 g/mol. The predicted molar refractivity (Wildman–Crippen MR) is 60.0 cm³/mol. The summed E-state index contributed by atoms with van der Waals surface area (Å²) in [6, 6.07) is 4.53. The molecule has 0 N–H and O–H groups in total. The highest BCUT2D eigenvalue weighted by Gasteiger charge is 2.16. The van der Waals surface area contributed by atoms with Gasteiger partial charge in [-0.2, -0.15) is 0 Å². The SMILES string of the molecule is CCOC(=O)COc1ccc(C)cc1[N+](=O)[O-]. The topological polar surface area (TPSA) is 78.7 Å². The minimum Gasteiger partial charge on any atom is -0.475 e. The fourth-order valence-electron chi connectivity index (χ4n) is 1.23. The van der Waals surface area contributed by atoms with Gasteiger partial charge in [0, 0.05) is 6.07 Å². The van der Waals surface area contributed by atoms with Crippen molar-refractivity contribution in [3.8, 4) is 5.75 Å². The van der Waals surface area contributed by atoms with Crippen LogP contribution in [0.25, 0.3) is 0 Å². The molecular formula is C11H13NO5. The Bertz CT molecular complexity index is 430. The maximum absolute atomic E-state index is 11.0. The lowest BCUT2D eigenvalue weighted by Gasteiger charge is -2.06. The summed E-state index contributed by atoms with van der Waals surface area (Å²) in [7, 11) is 0. The van der Waals surface area contributed by atoms with Gasteiger partial charge in [-0.3, -0.25) is 10.1 Å². The minimum absolute atomic E-state index is 0.0636. The first kappa shape index (κ1) is 13.0. The maximum Gasteiger partial charge on any atom is 0.344 e. The van der Waals surface area contributed by atoms with Crippen LogP contribution in [-0.2, 0) is 9.53 Å². The zero-order chi connectivity index (χ0) is 12.8. The Morgan fingerprint density at radius 1 is 1.47 bits per heavy atom. The Kier molecular flexibility index (Phi) is 4.45. The van der Waals surface area contributed by atoms with Crippen LogP contribution in [0, 0.1) is 17.0 Å². The largest absolute Gasteiger partial charge is 0.475 e. The van der Waals surface area contributed by atoms with Gasteiger partial charge in [-0.15, -0.1) is 0 Å². The normalized spacial score (nSPS) is 9.76. The third-order valence-corrected chi connectivity index (χ3v) is 1.96. The van der Waals surface area contributed by atoms with E-state index >= 15 is 0 Å². The molecule has 0 amide bonds. The molecule has 0 fully saturated rings. The van der Waals surface area contributed by atoms with E-state index in [0.29, 0.717) is 0 Å². The number of rotatable bonds is 5. The van der Waals surface area contributed by atoms with Crippen LogP contribution in [0.15, 0.2) is 18.2 Å². The van der Waals surface area contributed by atoms with E-state index in [1.54, 1.807) is 19.9 Å². The van der Waals surface area contributed by atoms with Gasteiger partial charge in [0.25, 0.3) is 0 Å². The summed E-state index contributed by atoms with van der Waals surface area (Å²) in [5.41, 5.74) is 0.592. The minimum atomic E-state index is -0.553. The molecule has 1 aromatic rings. The molecule has 0 spiro atoms. The highest BCUT2D eigenvalue weighted by Crippen LogP contribution is 2.27. The lowest BCUT2D eigenvalue weighted by molar-refractivity contribution is -0.385. The molecule has 0 saturated heterocycles. The molecule has 17 heavy (non-hydrogen) atoms. The van der Waals surface area contributed by atoms with Crippen molar-refractivity contribution in [1.82, 2.24) is 0 Å². The van der Waals surface area contributed by atoms with Crippen molar-refractivity contribution in [3.63, 3.8) is 0 Å². The molecule has 0 aromatic heterocycles. The van der Waals surface area contributed by atoms with Crippen LogP contribution in [-0.4, -0.2) is 24.1 Å². The summed E-state index contributed by atoms with van der Waals surface area (Å²) in [6.07, 6.45) is 0. The molecule has 6 heteroatoms. The van der Waals surface area contributed by atoms with Crippen molar-refractivity contribution < 1.29 is 19.2 Å². The van der Waals surface area contributed by atoms with Crippen molar-refractivity contribution in [2.24, 2.45) is 0 Å². The molecule has 0 bridgehead atoms. The summed E-state index contributed by atoms with van der Waals surface area (Å²) in [5.74, 6) is -0.490. The molecule has 0 aliphatic rings. The number of aryl methyl sites for hydroxylation is 1. The highest BCUT2D eigenvalue weighted by atomic mass is 16.6. The number of carbonyl (C=O) groups excluding carboxylic acids is 1. The number of hydrogen-bond donors (Lipinski definition) is 0. The average Bonchev–Trinajstić information content (AvgIpc) is 2.27. The van der Waals surface area contributed by atoms with E-state index in [1.807, 2.05) is 0 Å². The zero-order valence-corrected chi connectivity index (χ0v) is 9.63. The highest BCUT2D eigenvalue weighted by molar-refractivity contribution is 5.71. The molecule has 0 radical (unpaired) electrons. The molecule has 0 atom stereocenters. The number of ether oxygens (including phenoxy) is 2. The molecule has 0 aliphatic heterocycles. The molecule has 1 rings (SSSR count). The Labute approximate surface area is 98.3 Å². The van der Waals surface area contributed by atoms with Crippen molar-refractivity contribution in [2.75, 3.05) is 13.2 Å². The molecule has 92 valence electrons.